The van der Waals surface area contributed by atoms with Gasteiger partial charge in [-0.1, -0.05) is 67.8 Å². The molecule has 16 nitrogen and oxygen atoms in total. The molecule has 2 amide bonds. The summed E-state index contributed by atoms with van der Waals surface area (Å²) in [5, 5.41) is 22.5. The van der Waals surface area contributed by atoms with Crippen molar-refractivity contribution in [2.45, 2.75) is 89.7 Å². The molecular formula is C38H43N9O7S. The van der Waals surface area contributed by atoms with Gasteiger partial charge in [0.2, 0.25) is 17.3 Å². The summed E-state index contributed by atoms with van der Waals surface area (Å²) in [7, 11) is 0. The SMILES string of the molecule is CC1CCC2C(C)(C)C2(OC(C)(C)ON=C(C(=O)NC2C(=O)N3C(C(=O)[O-])=C(C(C)[n+]4ccc5nc(-c6ccccc6)[nH]c5c4)CS[C@@H]23)c2noc(N)n2)C1. The van der Waals surface area contributed by atoms with E-state index >= 15 is 0 Å². The summed E-state index contributed by atoms with van der Waals surface area (Å²) in [6, 6.07) is 9.70. The lowest BCUT2D eigenvalue weighted by Crippen LogP contribution is -2.72. The molecule has 17 heteroatoms. The molecule has 55 heavy (non-hydrogen) atoms. The zero-order valence-electron chi connectivity index (χ0n) is 31.4. The van der Waals surface area contributed by atoms with Crippen LogP contribution in [-0.2, 0) is 24.0 Å². The second-order valence-corrected chi connectivity index (χ2v) is 17.0. The Hall–Kier alpha value is -5.29. The van der Waals surface area contributed by atoms with Gasteiger partial charge < -0.3 is 40.0 Å². The van der Waals surface area contributed by atoms with E-state index < -0.39 is 46.7 Å². The van der Waals surface area contributed by atoms with Crippen LogP contribution in [0.5, 0.6) is 0 Å². The lowest BCUT2D eigenvalue weighted by molar-refractivity contribution is -0.710. The third-order valence-corrected chi connectivity index (χ3v) is 12.9. The molecule has 4 aromatic rings. The number of nitrogens with zero attached hydrogens (tertiary/aromatic N) is 6. The zero-order valence-corrected chi connectivity index (χ0v) is 32.2. The monoisotopic (exact) mass is 769 g/mol. The van der Waals surface area contributed by atoms with Crippen LogP contribution in [0.15, 0.2) is 69.7 Å². The number of fused-ring (bicyclic) bond motifs is 3. The Labute approximate surface area is 320 Å². The number of ether oxygens (including phenoxy) is 1. The number of anilines is 1. The number of amides is 2. The molecule has 2 aliphatic heterocycles. The molecule has 8 rings (SSSR count). The molecule has 3 aromatic heterocycles. The van der Waals surface area contributed by atoms with Crippen molar-refractivity contribution in [1.82, 2.24) is 30.3 Å². The lowest BCUT2D eigenvalue weighted by atomic mass is 9.88. The third kappa shape index (κ3) is 6.22. The topological polar surface area (TPSA) is 218 Å². The minimum atomic E-state index is -1.49. The highest BCUT2D eigenvalue weighted by molar-refractivity contribution is 8.00. The average Bonchev–Trinajstić information content (AvgIpc) is 3.54. The molecule has 288 valence electrons. The van der Waals surface area contributed by atoms with Crippen molar-refractivity contribution in [3.63, 3.8) is 0 Å². The molecule has 4 N–H and O–H groups in total. The van der Waals surface area contributed by atoms with Crippen LogP contribution < -0.4 is 20.7 Å². The van der Waals surface area contributed by atoms with Crippen molar-refractivity contribution in [3.8, 4) is 11.4 Å². The summed E-state index contributed by atoms with van der Waals surface area (Å²) in [6.07, 6.45) is 6.75. The predicted molar refractivity (Wildman–Crippen MR) is 198 cm³/mol. The number of benzene rings is 1. The minimum absolute atomic E-state index is 0.0481. The van der Waals surface area contributed by atoms with Crippen LogP contribution in [0.1, 0.15) is 72.7 Å². The highest BCUT2D eigenvalue weighted by atomic mass is 32.2. The van der Waals surface area contributed by atoms with Crippen LogP contribution in [0.3, 0.4) is 0 Å². The molecule has 1 aromatic carbocycles. The molecule has 2 aliphatic carbocycles. The molecule has 2 saturated carbocycles. The van der Waals surface area contributed by atoms with Crippen LogP contribution >= 0.6 is 11.8 Å². The number of thioether (sulfide) groups is 1. The second-order valence-electron chi connectivity index (χ2n) is 15.9. The lowest BCUT2D eigenvalue weighted by Gasteiger charge is -2.50. The normalized spacial score (nSPS) is 26.5. The fourth-order valence-corrected chi connectivity index (χ4v) is 10.1. The molecule has 0 radical (unpaired) electrons. The van der Waals surface area contributed by atoms with Crippen molar-refractivity contribution >= 4 is 52.3 Å². The van der Waals surface area contributed by atoms with Gasteiger partial charge in [0.15, 0.2) is 18.4 Å². The first kappa shape index (κ1) is 36.7. The Morgan fingerprint density at radius 2 is 1.98 bits per heavy atom. The Kier molecular flexibility index (Phi) is 8.79. The maximum atomic E-state index is 13.8. The largest absolute Gasteiger partial charge is 0.543 e. The number of aliphatic carboxylic acids is 1. The molecule has 4 aliphatic rings. The Balaban J connectivity index is 1.00. The van der Waals surface area contributed by atoms with Gasteiger partial charge in [0, 0.05) is 43.7 Å². The highest BCUT2D eigenvalue weighted by Gasteiger charge is 2.74. The number of nitrogens with one attached hydrogen (secondary N) is 2. The molecule has 0 bridgehead atoms. The Morgan fingerprint density at radius 1 is 1.22 bits per heavy atom. The number of aromatic amines is 1. The molecular weight excluding hydrogens is 727 g/mol. The number of nitrogen functional groups attached to an aromatic ring is 1. The number of H-pyrrole nitrogens is 1. The summed E-state index contributed by atoms with van der Waals surface area (Å²) in [6.45, 7) is 11.9. The van der Waals surface area contributed by atoms with Gasteiger partial charge in [0.05, 0.1) is 17.3 Å². The van der Waals surface area contributed by atoms with Gasteiger partial charge in [0.1, 0.15) is 28.3 Å². The van der Waals surface area contributed by atoms with Gasteiger partial charge in [-0.25, -0.2) is 4.98 Å². The minimum Gasteiger partial charge on any atom is -0.543 e. The van der Waals surface area contributed by atoms with E-state index in [-0.39, 0.29) is 34.3 Å². The highest BCUT2D eigenvalue weighted by Crippen LogP contribution is 2.71. The van der Waals surface area contributed by atoms with Crippen molar-refractivity contribution in [3.05, 3.63) is 65.9 Å². The number of oxime groups is 1. The number of hydrogen-bond acceptors (Lipinski definition) is 13. The number of nitrogens with two attached hydrogens (primary N) is 1. The van der Waals surface area contributed by atoms with E-state index in [0.29, 0.717) is 23.2 Å². The number of carboxylic acids is 1. The van der Waals surface area contributed by atoms with Gasteiger partial charge in [-0.3, -0.25) is 14.5 Å². The van der Waals surface area contributed by atoms with Crippen LogP contribution in [-0.4, -0.2) is 77.1 Å². The van der Waals surface area contributed by atoms with Crippen molar-refractivity contribution < 1.29 is 38.2 Å². The molecule has 5 heterocycles. The number of imidazole rings is 1. The first-order valence-corrected chi connectivity index (χ1v) is 19.4. The number of rotatable bonds is 11. The van der Waals surface area contributed by atoms with Crippen molar-refractivity contribution in [2.75, 3.05) is 11.5 Å². The van der Waals surface area contributed by atoms with Crippen molar-refractivity contribution in [1.29, 1.82) is 0 Å². The summed E-state index contributed by atoms with van der Waals surface area (Å²) >= 11 is 1.32. The smallest absolute Gasteiger partial charge is 0.319 e. The number of carbonyl (C=O) groups is 3. The standard InChI is InChI=1S/C38H43N9O7S/c1-19-12-13-25-36(3,4)38(25,16-19)53-37(5,6)54-44-26(30-43-35(39)52-45-30)31(48)42-27-32(49)47-28(34(50)51)22(18-55-33(27)47)20(2)46-15-14-23-24(17-46)41-29(40-23)21-10-8-7-9-11-21/h7-11,14-15,17,19-20,25,27,33H,12-13,16,18H2,1-6H3,(H4,39,42,43,45,48,50,51)/t19?,20?,25?,27?,33-,38?/m0/s1. The predicted octanol–water partition coefficient (Wildman–Crippen LogP) is 2.84. The summed E-state index contributed by atoms with van der Waals surface area (Å²) in [5.41, 5.74) is 7.55. The number of hydrogen-bond donors (Lipinski definition) is 3. The van der Waals surface area contributed by atoms with E-state index in [4.69, 9.17) is 19.8 Å². The molecule has 3 fully saturated rings. The second kappa shape index (κ2) is 13.2. The van der Waals surface area contributed by atoms with E-state index in [1.54, 1.807) is 13.8 Å². The fraction of sp³-hybridized carbons (Fsp3) is 0.474. The van der Waals surface area contributed by atoms with E-state index in [9.17, 15) is 19.5 Å². The van der Waals surface area contributed by atoms with Crippen molar-refractivity contribution in [2.24, 2.45) is 22.4 Å². The maximum absolute atomic E-state index is 13.8. The number of aromatic nitrogens is 5. The first-order valence-electron chi connectivity index (χ1n) is 18.3. The zero-order chi connectivity index (χ0) is 39.0. The Morgan fingerprint density at radius 3 is 2.69 bits per heavy atom. The fourth-order valence-electron chi connectivity index (χ4n) is 8.66. The number of β-lactam (4-membered cyclic amide) rings is 1. The molecule has 0 spiro atoms. The number of carboxylic acid groups (broad SMARTS) is 1. The van der Waals surface area contributed by atoms with Crippen LogP contribution in [0.4, 0.5) is 6.01 Å². The summed E-state index contributed by atoms with van der Waals surface area (Å²) in [4.78, 5) is 59.2. The van der Waals surface area contributed by atoms with Gasteiger partial charge in [-0.05, 0) is 30.1 Å². The maximum Gasteiger partial charge on any atom is 0.319 e. The van der Waals surface area contributed by atoms with Crippen LogP contribution in [0.25, 0.3) is 22.4 Å². The average molecular weight is 770 g/mol. The molecule has 6 atom stereocenters. The van der Waals surface area contributed by atoms with Crippen LogP contribution in [0.2, 0.25) is 0 Å². The van der Waals surface area contributed by atoms with Gasteiger partial charge in [-0.15, -0.1) is 11.8 Å². The number of pyridine rings is 1. The van der Waals surface area contributed by atoms with Gasteiger partial charge in [0.25, 0.3) is 11.8 Å². The van der Waals surface area contributed by atoms with Gasteiger partial charge >= 0.3 is 6.01 Å². The Bertz CT molecular complexity index is 2270. The van der Waals surface area contributed by atoms with E-state index in [1.807, 2.05) is 60.3 Å². The van der Waals surface area contributed by atoms with E-state index in [1.165, 1.54) is 11.8 Å². The first-order chi connectivity index (χ1) is 26.1. The number of carbonyl (C=O) groups excluding carboxylic acids is 3. The third-order valence-electron chi connectivity index (χ3n) is 11.6. The van der Waals surface area contributed by atoms with E-state index in [0.717, 1.165) is 40.8 Å². The summed E-state index contributed by atoms with van der Waals surface area (Å²) in [5.74, 6) is -2.65. The quantitative estimate of drug-likeness (QED) is 0.0660. The molecule has 1 saturated heterocycles. The summed E-state index contributed by atoms with van der Waals surface area (Å²) < 4.78 is 13.4. The van der Waals surface area contributed by atoms with Crippen LogP contribution in [0, 0.1) is 17.3 Å². The van der Waals surface area contributed by atoms with E-state index in [2.05, 4.69) is 51.4 Å². The van der Waals surface area contributed by atoms with Gasteiger partial charge in [-0.2, -0.15) is 9.55 Å². The molecule has 5 unspecified atom stereocenters.